The Kier molecular flexibility index (Phi) is 9.65. The first-order chi connectivity index (χ1) is 16.0. The molecule has 0 aliphatic heterocycles. The van der Waals surface area contributed by atoms with Crippen LogP contribution < -0.4 is 9.47 Å². The molecular weight excluding hydrogens is 412 g/mol. The average Bonchev–Trinajstić information content (AvgIpc) is 2.86. The van der Waals surface area contributed by atoms with E-state index in [1.165, 1.54) is 5.56 Å². The molecule has 0 radical (unpaired) electrons. The first-order valence-corrected chi connectivity index (χ1v) is 12.6. The van der Waals surface area contributed by atoms with Crippen molar-refractivity contribution in [2.45, 2.75) is 78.2 Å². The van der Waals surface area contributed by atoms with Crippen LogP contribution in [0.1, 0.15) is 88.1 Å². The average molecular weight is 453 g/mol. The van der Waals surface area contributed by atoms with E-state index in [0.29, 0.717) is 29.9 Å². The van der Waals surface area contributed by atoms with E-state index in [-0.39, 0.29) is 12.1 Å². The van der Waals surface area contributed by atoms with Gasteiger partial charge in [0.2, 0.25) is 0 Å². The van der Waals surface area contributed by atoms with E-state index in [0.717, 1.165) is 56.6 Å². The van der Waals surface area contributed by atoms with Crippen LogP contribution in [0.25, 0.3) is 0 Å². The van der Waals surface area contributed by atoms with Gasteiger partial charge in [0.25, 0.3) is 0 Å². The largest absolute Gasteiger partial charge is 0.493 e. The van der Waals surface area contributed by atoms with E-state index < -0.39 is 0 Å². The first-order valence-electron chi connectivity index (χ1n) is 12.6. The molecule has 2 aromatic carbocycles. The Bertz CT molecular complexity index is 835. The van der Waals surface area contributed by atoms with Gasteiger partial charge >= 0.3 is 5.97 Å². The van der Waals surface area contributed by atoms with Crippen molar-refractivity contribution in [2.24, 2.45) is 11.8 Å². The topological polar surface area (TPSA) is 44.8 Å². The lowest BCUT2D eigenvalue weighted by molar-refractivity contribution is 0.0195. The highest BCUT2D eigenvalue weighted by molar-refractivity contribution is 5.89. The molecule has 180 valence electrons. The van der Waals surface area contributed by atoms with Crippen LogP contribution in [0.5, 0.6) is 11.5 Å². The summed E-state index contributed by atoms with van der Waals surface area (Å²) in [6, 6.07) is 15.8. The molecule has 0 bridgehead atoms. The van der Waals surface area contributed by atoms with Gasteiger partial charge in [0, 0.05) is 0 Å². The molecule has 1 fully saturated rings. The maximum atomic E-state index is 12.6. The number of ether oxygens (including phenoxy) is 3. The maximum absolute atomic E-state index is 12.6. The van der Waals surface area contributed by atoms with Crippen LogP contribution in [0.15, 0.2) is 48.5 Å². The Balaban J connectivity index is 1.43. The number of carbonyl (C=O) groups is 1. The number of benzene rings is 2. The molecule has 2 aromatic rings. The number of hydrogen-bond donors (Lipinski definition) is 0. The van der Waals surface area contributed by atoms with E-state index in [9.17, 15) is 4.79 Å². The van der Waals surface area contributed by atoms with Crippen molar-refractivity contribution in [3.05, 3.63) is 59.7 Å². The van der Waals surface area contributed by atoms with Crippen molar-refractivity contribution in [3.8, 4) is 11.5 Å². The Morgan fingerprint density at radius 3 is 1.76 bits per heavy atom. The third-order valence-electron chi connectivity index (χ3n) is 6.85. The van der Waals surface area contributed by atoms with E-state index in [2.05, 4.69) is 52.0 Å². The van der Waals surface area contributed by atoms with Gasteiger partial charge in [0.15, 0.2) is 0 Å². The van der Waals surface area contributed by atoms with Gasteiger partial charge in [-0.25, -0.2) is 4.79 Å². The minimum atomic E-state index is -0.241. The van der Waals surface area contributed by atoms with Crippen LogP contribution in [0, 0.1) is 11.8 Å². The second-order valence-corrected chi connectivity index (χ2v) is 9.62. The Labute approximate surface area is 199 Å². The highest BCUT2D eigenvalue weighted by Crippen LogP contribution is 2.35. The third-order valence-corrected chi connectivity index (χ3v) is 6.85. The zero-order chi connectivity index (χ0) is 23.6. The zero-order valence-corrected chi connectivity index (χ0v) is 20.7. The van der Waals surface area contributed by atoms with Crippen molar-refractivity contribution >= 4 is 5.97 Å². The second-order valence-electron chi connectivity index (χ2n) is 9.62. The van der Waals surface area contributed by atoms with Crippen molar-refractivity contribution in [1.29, 1.82) is 0 Å². The number of esters is 1. The van der Waals surface area contributed by atoms with Gasteiger partial charge in [-0.1, -0.05) is 52.7 Å². The van der Waals surface area contributed by atoms with Crippen molar-refractivity contribution < 1.29 is 19.0 Å². The summed E-state index contributed by atoms with van der Waals surface area (Å²) in [5.74, 6) is 3.11. The molecule has 0 saturated heterocycles. The summed E-state index contributed by atoms with van der Waals surface area (Å²) >= 11 is 0. The summed E-state index contributed by atoms with van der Waals surface area (Å²) < 4.78 is 17.4. The SMILES string of the molecule is CCC(C)COc1ccc(C(=O)OC2CCC(c3ccc(OCC(C)CC)cc3)CC2)cc1. The van der Waals surface area contributed by atoms with Crippen LogP contribution in [-0.2, 0) is 4.74 Å². The van der Waals surface area contributed by atoms with E-state index in [1.807, 2.05) is 12.1 Å². The minimum absolute atomic E-state index is 0.00628. The van der Waals surface area contributed by atoms with Crippen LogP contribution >= 0.6 is 0 Å². The molecular formula is C29H40O4. The lowest BCUT2D eigenvalue weighted by Crippen LogP contribution is -2.24. The third kappa shape index (κ3) is 7.80. The summed E-state index contributed by atoms with van der Waals surface area (Å²) in [5.41, 5.74) is 1.93. The molecule has 1 aliphatic rings. The van der Waals surface area contributed by atoms with Gasteiger partial charge in [-0.2, -0.15) is 0 Å². The lowest BCUT2D eigenvalue weighted by Gasteiger charge is -2.28. The van der Waals surface area contributed by atoms with E-state index in [1.54, 1.807) is 12.1 Å². The summed E-state index contributed by atoms with van der Waals surface area (Å²) in [6.45, 7) is 10.2. The molecule has 3 rings (SSSR count). The van der Waals surface area contributed by atoms with Crippen LogP contribution in [-0.4, -0.2) is 25.3 Å². The highest BCUT2D eigenvalue weighted by Gasteiger charge is 2.25. The fourth-order valence-corrected chi connectivity index (χ4v) is 3.97. The van der Waals surface area contributed by atoms with Crippen LogP contribution in [0.3, 0.4) is 0 Å². The normalized spacial score (nSPS) is 20.0. The number of hydrogen-bond acceptors (Lipinski definition) is 4. The van der Waals surface area contributed by atoms with E-state index >= 15 is 0 Å². The van der Waals surface area contributed by atoms with E-state index in [4.69, 9.17) is 14.2 Å². The fourth-order valence-electron chi connectivity index (χ4n) is 3.97. The molecule has 4 heteroatoms. The standard InChI is InChI=1S/C29H40O4/c1-5-21(3)19-31-26-13-7-23(8-14-26)24-9-17-28(18-10-24)33-29(30)25-11-15-27(16-12-25)32-20-22(4)6-2/h7-8,11-16,21-22,24,28H,5-6,9-10,17-20H2,1-4H3. The van der Waals surface area contributed by atoms with Crippen molar-refractivity contribution in [1.82, 2.24) is 0 Å². The van der Waals surface area contributed by atoms with Crippen molar-refractivity contribution in [3.63, 3.8) is 0 Å². The molecule has 0 spiro atoms. The molecule has 33 heavy (non-hydrogen) atoms. The fraction of sp³-hybridized carbons (Fsp3) is 0.552. The predicted molar refractivity (Wildman–Crippen MR) is 133 cm³/mol. The van der Waals surface area contributed by atoms with Crippen LogP contribution in [0.4, 0.5) is 0 Å². The summed E-state index contributed by atoms with van der Waals surface area (Å²) in [4.78, 5) is 12.6. The molecule has 4 nitrogen and oxygen atoms in total. The van der Waals surface area contributed by atoms with Gasteiger partial charge in [-0.3, -0.25) is 0 Å². The summed E-state index contributed by atoms with van der Waals surface area (Å²) in [6.07, 6.45) is 6.08. The second kappa shape index (κ2) is 12.7. The summed E-state index contributed by atoms with van der Waals surface area (Å²) in [7, 11) is 0. The minimum Gasteiger partial charge on any atom is -0.493 e. The summed E-state index contributed by atoms with van der Waals surface area (Å²) in [5, 5.41) is 0. The lowest BCUT2D eigenvalue weighted by atomic mass is 9.83. The quantitative estimate of drug-likeness (QED) is 0.333. The predicted octanol–water partition coefficient (Wildman–Crippen LogP) is 7.42. The zero-order valence-electron chi connectivity index (χ0n) is 20.7. The molecule has 0 amide bonds. The van der Waals surface area contributed by atoms with Crippen molar-refractivity contribution in [2.75, 3.05) is 13.2 Å². The van der Waals surface area contributed by atoms with Gasteiger partial charge in [-0.05, 0) is 85.4 Å². The molecule has 0 N–H and O–H groups in total. The monoisotopic (exact) mass is 452 g/mol. The first kappa shape index (κ1) is 25.1. The Morgan fingerprint density at radius 2 is 1.27 bits per heavy atom. The smallest absolute Gasteiger partial charge is 0.338 e. The van der Waals surface area contributed by atoms with Crippen LogP contribution in [0.2, 0.25) is 0 Å². The van der Waals surface area contributed by atoms with Gasteiger partial charge < -0.3 is 14.2 Å². The number of carbonyl (C=O) groups excluding carboxylic acids is 1. The van der Waals surface area contributed by atoms with Gasteiger partial charge in [0.05, 0.1) is 18.8 Å². The molecule has 2 unspecified atom stereocenters. The molecule has 2 atom stereocenters. The number of rotatable bonds is 11. The Morgan fingerprint density at radius 1 is 0.788 bits per heavy atom. The molecule has 0 aromatic heterocycles. The highest BCUT2D eigenvalue weighted by atomic mass is 16.5. The molecule has 0 heterocycles. The maximum Gasteiger partial charge on any atom is 0.338 e. The van der Waals surface area contributed by atoms with Gasteiger partial charge in [0.1, 0.15) is 17.6 Å². The molecule has 1 aliphatic carbocycles. The molecule has 1 saturated carbocycles. The van der Waals surface area contributed by atoms with Gasteiger partial charge in [-0.15, -0.1) is 0 Å². The Hall–Kier alpha value is -2.49.